The van der Waals surface area contributed by atoms with Crippen LogP contribution in [0.4, 0.5) is 28.9 Å². The van der Waals surface area contributed by atoms with Gasteiger partial charge < -0.3 is 14.8 Å². The molecule has 0 saturated heterocycles. The van der Waals surface area contributed by atoms with E-state index in [1.807, 2.05) is 30.3 Å². The summed E-state index contributed by atoms with van der Waals surface area (Å²) in [6.07, 6.45) is -4.61. The minimum absolute atomic E-state index is 0.0760. The monoisotopic (exact) mass is 419 g/mol. The Bertz CT molecular complexity index is 1040. The van der Waals surface area contributed by atoms with Crippen LogP contribution < -0.4 is 10.1 Å². The summed E-state index contributed by atoms with van der Waals surface area (Å²) in [5.41, 5.74) is -0.193. The molecule has 0 aliphatic rings. The van der Waals surface area contributed by atoms with Crippen molar-refractivity contribution >= 4 is 17.3 Å². The lowest BCUT2D eigenvalue weighted by atomic mass is 10.1. The molecule has 8 heteroatoms. The first-order valence-corrected chi connectivity index (χ1v) is 8.81. The number of methoxy groups -OCH3 is 1. The highest BCUT2D eigenvalue weighted by atomic mass is 19.4. The molecular weight excluding hydrogens is 402 g/mol. The highest BCUT2D eigenvalue weighted by Gasteiger charge is 2.31. The molecule has 0 atom stereocenters. The van der Waals surface area contributed by atoms with Gasteiger partial charge in [-0.05, 0) is 35.9 Å². The molecular formula is C22H17F4NO3. The number of ether oxygens (including phenoxy) is 2. The highest BCUT2D eigenvalue weighted by Crippen LogP contribution is 2.35. The van der Waals surface area contributed by atoms with Gasteiger partial charge in [0.1, 0.15) is 18.2 Å². The van der Waals surface area contributed by atoms with Crippen molar-refractivity contribution in [2.45, 2.75) is 12.8 Å². The first-order chi connectivity index (χ1) is 14.3. The molecule has 30 heavy (non-hydrogen) atoms. The number of carbonyl (C=O) groups excluding carboxylic acids is 1. The molecule has 0 saturated carbocycles. The van der Waals surface area contributed by atoms with Crippen molar-refractivity contribution in [3.05, 3.63) is 89.2 Å². The lowest BCUT2D eigenvalue weighted by Gasteiger charge is -2.17. The number of hydrogen-bond acceptors (Lipinski definition) is 4. The van der Waals surface area contributed by atoms with Gasteiger partial charge in [0.05, 0.1) is 29.6 Å². The van der Waals surface area contributed by atoms with E-state index in [9.17, 15) is 22.4 Å². The largest absolute Gasteiger partial charge is 0.487 e. The second-order valence-corrected chi connectivity index (χ2v) is 6.29. The van der Waals surface area contributed by atoms with Crippen LogP contribution in [0.5, 0.6) is 5.75 Å². The van der Waals surface area contributed by atoms with E-state index in [0.717, 1.165) is 43.0 Å². The average molecular weight is 419 g/mol. The molecule has 1 N–H and O–H groups in total. The number of alkyl halides is 3. The van der Waals surface area contributed by atoms with Crippen molar-refractivity contribution in [1.82, 2.24) is 0 Å². The van der Waals surface area contributed by atoms with E-state index in [4.69, 9.17) is 4.74 Å². The molecule has 156 valence electrons. The van der Waals surface area contributed by atoms with E-state index in [1.165, 1.54) is 6.07 Å². The van der Waals surface area contributed by atoms with E-state index >= 15 is 0 Å². The maximum Gasteiger partial charge on any atom is 0.416 e. The van der Waals surface area contributed by atoms with E-state index < -0.39 is 23.5 Å². The fourth-order valence-corrected chi connectivity index (χ4v) is 2.71. The summed E-state index contributed by atoms with van der Waals surface area (Å²) in [5, 5.41) is 2.74. The lowest BCUT2D eigenvalue weighted by molar-refractivity contribution is -0.137. The third kappa shape index (κ3) is 5.08. The van der Waals surface area contributed by atoms with Crippen molar-refractivity contribution in [1.29, 1.82) is 0 Å². The molecule has 0 aromatic heterocycles. The third-order valence-corrected chi connectivity index (χ3v) is 4.20. The molecule has 4 nitrogen and oxygen atoms in total. The van der Waals surface area contributed by atoms with Gasteiger partial charge in [0.25, 0.3) is 0 Å². The molecule has 0 radical (unpaired) electrons. The highest BCUT2D eigenvalue weighted by molar-refractivity contribution is 5.97. The van der Waals surface area contributed by atoms with Crippen LogP contribution >= 0.6 is 0 Å². The fourth-order valence-electron chi connectivity index (χ4n) is 2.71. The van der Waals surface area contributed by atoms with Crippen molar-refractivity contribution in [3.8, 4) is 5.75 Å². The minimum atomic E-state index is -4.61. The molecule has 0 aliphatic heterocycles. The van der Waals surface area contributed by atoms with Crippen molar-refractivity contribution in [2.75, 3.05) is 12.4 Å². The number of halogens is 4. The zero-order valence-electron chi connectivity index (χ0n) is 15.8. The van der Waals surface area contributed by atoms with Crippen molar-refractivity contribution < 1.29 is 31.8 Å². The van der Waals surface area contributed by atoms with E-state index in [2.05, 4.69) is 10.1 Å². The molecule has 0 unspecified atom stereocenters. The Morgan fingerprint density at radius 2 is 1.70 bits per heavy atom. The van der Waals surface area contributed by atoms with Crippen LogP contribution in [0, 0.1) is 5.82 Å². The summed E-state index contributed by atoms with van der Waals surface area (Å²) < 4.78 is 63.5. The number of carbonyl (C=O) groups is 1. The van der Waals surface area contributed by atoms with Gasteiger partial charge >= 0.3 is 12.1 Å². The molecule has 3 aromatic carbocycles. The van der Waals surface area contributed by atoms with Gasteiger partial charge in [-0.1, -0.05) is 30.3 Å². The lowest BCUT2D eigenvalue weighted by Crippen LogP contribution is -2.10. The van der Waals surface area contributed by atoms with Crippen LogP contribution in [0.2, 0.25) is 0 Å². The van der Waals surface area contributed by atoms with Gasteiger partial charge in [0.15, 0.2) is 0 Å². The van der Waals surface area contributed by atoms with Gasteiger partial charge in [-0.3, -0.25) is 0 Å². The normalized spacial score (nSPS) is 11.1. The first-order valence-electron chi connectivity index (χ1n) is 8.81. The topological polar surface area (TPSA) is 47.6 Å². The molecule has 0 spiro atoms. The maximum atomic E-state index is 13.8. The predicted molar refractivity (Wildman–Crippen MR) is 103 cm³/mol. The predicted octanol–water partition coefficient (Wildman–Crippen LogP) is 5.95. The van der Waals surface area contributed by atoms with E-state index in [0.29, 0.717) is 0 Å². The zero-order chi connectivity index (χ0) is 21.7. The molecule has 0 bridgehead atoms. The second kappa shape index (κ2) is 8.86. The number of benzene rings is 3. The standard InChI is InChI=1S/C22H17F4NO3/c1-29-21(28)17-9-7-15(22(24,25)26)11-19(17)27-18-10-8-16(23)12-20(18)30-13-14-5-3-2-4-6-14/h2-12,27H,13H2,1H3. The Balaban J connectivity index is 1.96. The average Bonchev–Trinajstić information content (AvgIpc) is 2.73. The molecule has 0 heterocycles. The molecule has 0 amide bonds. The van der Waals surface area contributed by atoms with Gasteiger partial charge in [-0.15, -0.1) is 0 Å². The van der Waals surface area contributed by atoms with Gasteiger partial charge in [0.2, 0.25) is 0 Å². The zero-order valence-corrected chi connectivity index (χ0v) is 15.8. The Morgan fingerprint density at radius 3 is 2.37 bits per heavy atom. The number of rotatable bonds is 6. The summed E-state index contributed by atoms with van der Waals surface area (Å²) in [4.78, 5) is 12.0. The Kier molecular flexibility index (Phi) is 6.25. The quantitative estimate of drug-likeness (QED) is 0.396. The summed E-state index contributed by atoms with van der Waals surface area (Å²) >= 11 is 0. The maximum absolute atomic E-state index is 13.8. The summed E-state index contributed by atoms with van der Waals surface area (Å²) in [6.45, 7) is 0.116. The Labute approximate surface area is 170 Å². The minimum Gasteiger partial charge on any atom is -0.487 e. The number of nitrogens with one attached hydrogen (secondary N) is 1. The summed E-state index contributed by atoms with van der Waals surface area (Å²) in [7, 11) is 1.12. The molecule has 3 rings (SSSR count). The van der Waals surface area contributed by atoms with Crippen LogP contribution in [-0.4, -0.2) is 13.1 Å². The van der Waals surface area contributed by atoms with Gasteiger partial charge in [-0.2, -0.15) is 13.2 Å². The molecule has 0 fully saturated rings. The van der Waals surface area contributed by atoms with E-state index in [1.54, 1.807) is 0 Å². The summed E-state index contributed by atoms with van der Waals surface area (Å²) in [5.74, 6) is -1.33. The first kappa shape index (κ1) is 21.2. The summed E-state index contributed by atoms with van der Waals surface area (Å²) in [6, 6.07) is 15.2. The SMILES string of the molecule is COC(=O)c1ccc(C(F)(F)F)cc1Nc1ccc(F)cc1OCc1ccccc1. The van der Waals surface area contributed by atoms with Crippen LogP contribution in [0.1, 0.15) is 21.5 Å². The van der Waals surface area contributed by atoms with Crippen LogP contribution in [0.25, 0.3) is 0 Å². The Hall–Kier alpha value is -3.55. The molecule has 0 aliphatic carbocycles. The van der Waals surface area contributed by atoms with Crippen LogP contribution in [0.3, 0.4) is 0 Å². The second-order valence-electron chi connectivity index (χ2n) is 6.29. The number of hydrogen-bond donors (Lipinski definition) is 1. The van der Waals surface area contributed by atoms with Crippen molar-refractivity contribution in [2.24, 2.45) is 0 Å². The number of esters is 1. The van der Waals surface area contributed by atoms with E-state index in [-0.39, 0.29) is 29.3 Å². The van der Waals surface area contributed by atoms with Crippen LogP contribution in [-0.2, 0) is 17.5 Å². The Morgan fingerprint density at radius 1 is 0.967 bits per heavy atom. The van der Waals surface area contributed by atoms with Crippen LogP contribution in [0.15, 0.2) is 66.7 Å². The molecule has 3 aromatic rings. The van der Waals surface area contributed by atoms with Crippen molar-refractivity contribution in [3.63, 3.8) is 0 Å². The smallest absolute Gasteiger partial charge is 0.416 e. The fraction of sp³-hybridized carbons (Fsp3) is 0.136. The third-order valence-electron chi connectivity index (χ3n) is 4.20. The number of anilines is 2. The van der Waals surface area contributed by atoms with Gasteiger partial charge in [0, 0.05) is 6.07 Å². The van der Waals surface area contributed by atoms with Gasteiger partial charge in [-0.25, -0.2) is 9.18 Å².